The number of aromatic nitrogens is 1. The summed E-state index contributed by atoms with van der Waals surface area (Å²) in [4.78, 5) is 27.8. The molecule has 0 saturated carbocycles. The number of hydrogen-bond donors (Lipinski definition) is 8. The van der Waals surface area contributed by atoms with Crippen LogP contribution in [0.3, 0.4) is 0 Å². The topological polar surface area (TPSA) is 442 Å². The van der Waals surface area contributed by atoms with Crippen LogP contribution >= 0.6 is 0 Å². The molecule has 0 unspecified atom stereocenters. The number of anilines is 1. The molecular formula is C70H77F3N6O21S6. The fraction of sp³-hybridized carbons (Fsp3) is 0.343. The van der Waals surface area contributed by atoms with Crippen molar-refractivity contribution >= 4 is 117 Å². The molecule has 9 N–H and O–H groups in total. The number of allylic oxidation sites excluding steroid dienone is 6. The van der Waals surface area contributed by atoms with E-state index in [0.29, 0.717) is 97.7 Å². The summed E-state index contributed by atoms with van der Waals surface area (Å²) in [5.74, 6) is -2.41. The van der Waals surface area contributed by atoms with Crippen LogP contribution in [0.4, 0.5) is 24.5 Å². The monoisotopic (exact) mass is 1590 g/mol. The molecule has 2 aliphatic rings. The molecular weight excluding hydrogens is 1510 g/mol. The van der Waals surface area contributed by atoms with Crippen molar-refractivity contribution in [2.24, 2.45) is 5.73 Å². The van der Waals surface area contributed by atoms with E-state index < -0.39 is 120 Å². The molecule has 3 heterocycles. The van der Waals surface area contributed by atoms with Crippen LogP contribution in [0.1, 0.15) is 129 Å². The van der Waals surface area contributed by atoms with E-state index in [1.165, 1.54) is 54.6 Å². The number of halogens is 3. The highest BCUT2D eigenvalue weighted by Gasteiger charge is 2.47. The van der Waals surface area contributed by atoms with Crippen molar-refractivity contribution in [1.82, 2.24) is 15.6 Å². The first kappa shape index (κ1) is 81.7. The van der Waals surface area contributed by atoms with Gasteiger partial charge in [0.05, 0.1) is 31.1 Å². The zero-order valence-corrected chi connectivity index (χ0v) is 62.4. The number of nitrogens with zero attached hydrogens (tertiary/aromatic N) is 3. The Bertz CT molecular complexity index is 5510. The average molecular weight is 1590 g/mol. The first-order valence-electron chi connectivity index (χ1n) is 33.0. The lowest BCUT2D eigenvalue weighted by Gasteiger charge is -2.27. The van der Waals surface area contributed by atoms with Crippen molar-refractivity contribution in [1.29, 1.82) is 0 Å². The summed E-state index contributed by atoms with van der Waals surface area (Å²) in [7, 11) is -30.0. The number of unbranched alkanes of at least 4 members (excludes halogenated alkanes) is 4. The maximum Gasteiger partial charge on any atom is 0.433 e. The van der Waals surface area contributed by atoms with Crippen molar-refractivity contribution < 1.29 is 110 Å². The van der Waals surface area contributed by atoms with Crippen LogP contribution in [0, 0.1) is 0 Å². The maximum atomic E-state index is 13.4. The van der Waals surface area contributed by atoms with Crippen LogP contribution in [0.2, 0.25) is 0 Å². The lowest BCUT2D eigenvalue weighted by molar-refractivity contribution is -0.437. The number of pyridine rings is 1. The van der Waals surface area contributed by atoms with Crippen LogP contribution in [-0.4, -0.2) is 143 Å². The Morgan fingerprint density at radius 1 is 0.632 bits per heavy atom. The molecule has 570 valence electrons. The second-order valence-corrected chi connectivity index (χ2v) is 35.2. The second kappa shape index (κ2) is 31.8. The summed E-state index contributed by atoms with van der Waals surface area (Å²) < 4.78 is 262. The first-order valence-corrected chi connectivity index (χ1v) is 42.0. The normalized spacial score (nSPS) is 15.4. The second-order valence-electron chi connectivity index (χ2n) is 26.5. The molecule has 0 radical (unpaired) electrons. The summed E-state index contributed by atoms with van der Waals surface area (Å²) in [5.41, 5.74) is 5.80. The number of rotatable bonds is 32. The molecule has 36 heteroatoms. The molecule has 0 saturated heterocycles. The Hall–Kier alpha value is -8.37. The Balaban J connectivity index is 0.975. The minimum absolute atomic E-state index is 0.0401. The van der Waals surface area contributed by atoms with Gasteiger partial charge in [-0.25, -0.2) is 13.4 Å². The van der Waals surface area contributed by atoms with Crippen molar-refractivity contribution in [2.45, 2.75) is 135 Å². The molecule has 0 fully saturated rings. The van der Waals surface area contributed by atoms with E-state index in [9.17, 15) is 101 Å². The zero-order chi connectivity index (χ0) is 77.9. The molecule has 2 amide bonds. The summed E-state index contributed by atoms with van der Waals surface area (Å²) >= 11 is 0. The highest BCUT2D eigenvalue weighted by Crippen LogP contribution is 2.53. The molecule has 0 aliphatic carbocycles. The van der Waals surface area contributed by atoms with Crippen molar-refractivity contribution in [3.8, 4) is 11.6 Å². The summed E-state index contributed by atoms with van der Waals surface area (Å²) in [5, 5.41) is 5.36. The van der Waals surface area contributed by atoms with Crippen molar-refractivity contribution in [2.75, 3.05) is 42.6 Å². The largest absolute Gasteiger partial charge is 0.748 e. The minimum Gasteiger partial charge on any atom is -0.748 e. The number of fused-ring (bicyclic) bond motifs is 6. The molecule has 7 aromatic rings. The third-order valence-corrected chi connectivity index (χ3v) is 23.2. The number of alkyl halides is 3. The quantitative estimate of drug-likeness (QED) is 0.00840. The first-order chi connectivity index (χ1) is 49.3. The van der Waals surface area contributed by atoms with E-state index >= 15 is 0 Å². The molecule has 0 bridgehead atoms. The number of carbonyl (C=O) groups excluding carboxylic acids is 2. The van der Waals surface area contributed by atoms with Gasteiger partial charge in [0.25, 0.3) is 56.5 Å². The van der Waals surface area contributed by atoms with Crippen molar-refractivity contribution in [3.05, 3.63) is 178 Å². The van der Waals surface area contributed by atoms with Crippen LogP contribution in [0.25, 0.3) is 27.1 Å². The van der Waals surface area contributed by atoms with Crippen LogP contribution < -0.4 is 26.0 Å². The van der Waals surface area contributed by atoms with Crippen LogP contribution in [0.5, 0.6) is 11.6 Å². The zero-order valence-electron chi connectivity index (χ0n) is 57.5. The number of amides is 2. The lowest BCUT2D eigenvalue weighted by Crippen LogP contribution is -2.28. The van der Waals surface area contributed by atoms with Gasteiger partial charge < -0.3 is 30.6 Å². The van der Waals surface area contributed by atoms with E-state index in [2.05, 4.69) is 15.6 Å². The van der Waals surface area contributed by atoms with E-state index in [-0.39, 0.29) is 100 Å². The highest BCUT2D eigenvalue weighted by molar-refractivity contribution is 7.87. The van der Waals surface area contributed by atoms with E-state index in [1.54, 1.807) is 73.6 Å². The smallest absolute Gasteiger partial charge is 0.433 e. The van der Waals surface area contributed by atoms with Gasteiger partial charge in [-0.15, -0.1) is 0 Å². The van der Waals surface area contributed by atoms with Gasteiger partial charge in [0.2, 0.25) is 17.5 Å². The van der Waals surface area contributed by atoms with Gasteiger partial charge in [0.15, 0.2) is 5.71 Å². The van der Waals surface area contributed by atoms with E-state index in [0.717, 1.165) is 30.2 Å². The molecule has 27 nitrogen and oxygen atoms in total. The molecule has 2 aliphatic heterocycles. The fourth-order valence-corrected chi connectivity index (χ4v) is 17.0. The van der Waals surface area contributed by atoms with Crippen LogP contribution in [0.15, 0.2) is 159 Å². The van der Waals surface area contributed by atoms with Gasteiger partial charge in [0, 0.05) is 102 Å². The number of nitrogens with two attached hydrogens (primary N) is 1. The third-order valence-electron chi connectivity index (χ3n) is 18.1. The molecule has 106 heavy (non-hydrogen) atoms. The predicted molar refractivity (Wildman–Crippen MR) is 387 cm³/mol. The molecule has 0 spiro atoms. The SMILES string of the molecule is CC1(C)C(/C=C/C(=C/C=C2\N(CCCS(=O)(=O)O)c3ccc4c(S(=O)(=O)O)cc(S(=O)(=O)O)cc4c3C2(C)C)c2cccc(CCCCC(=O)NCCCCCCNC(=O)c3cccc(Oc4cc(CN)cc(C(F)(F)F)n4)c3)c2)=[N+](CCCS(=O)(=O)[O-])c2ccc3c(S(=O)(=O)O)cc(S(=O)(=O)O)cc3c21. The maximum absolute atomic E-state index is 13.4. The average Bonchev–Trinajstić information content (AvgIpc) is 1.56. The Morgan fingerprint density at radius 3 is 1.83 bits per heavy atom. The van der Waals surface area contributed by atoms with E-state index in [4.69, 9.17) is 10.5 Å². The lowest BCUT2D eigenvalue weighted by atomic mass is 9.78. The van der Waals surface area contributed by atoms with Gasteiger partial charge in [-0.1, -0.05) is 69.2 Å². The summed E-state index contributed by atoms with van der Waals surface area (Å²) in [6.07, 6.45) is 5.80. The number of ether oxygens (including phenoxy) is 1. The predicted octanol–water partition coefficient (Wildman–Crippen LogP) is 10.4. The van der Waals surface area contributed by atoms with Gasteiger partial charge in [-0.2, -0.15) is 59.8 Å². The van der Waals surface area contributed by atoms with Gasteiger partial charge in [0.1, 0.15) is 27.8 Å². The Labute approximate surface area is 611 Å². The Kier molecular flexibility index (Phi) is 24.5. The van der Waals surface area contributed by atoms with Crippen LogP contribution in [-0.2, 0) is 95.5 Å². The summed E-state index contributed by atoms with van der Waals surface area (Å²) in [6.45, 7) is 7.00. The standard InChI is InChI=1S/C70H77F3N6O21S6/c1-68(2)61(78(31-13-33-101(82,83)84)56-25-23-52-54(65(56)68)39-50(103(88,89)90)41-58(52)105(94,95)96)27-21-46(22-28-62-69(3,4)66-55-40-51(104(91,92)93)42-59(106(97,98)99)53(55)24-26-57(66)79(62)32-14-34-102(85,86)87)47-17-11-16-44(35-47)15-7-8-20-63(80)75-29-9-5-6-10-30-76-67(81)48-18-12-19-49(38-48)100-64-37-45(43-74)36-60(77-64)70(71,72)73/h11-12,16-19,21-28,35-42H,5-10,13-15,20,29-34,43,74H2,1-4H3,(H7-,75,76,80,81,82,83,84,85,86,87,88,89,90,91,92,93,94,95,96,97,98,99). The van der Waals surface area contributed by atoms with Gasteiger partial charge in [-0.05, 0) is 164 Å². The van der Waals surface area contributed by atoms with E-state index in [1.807, 2.05) is 12.1 Å². The number of aryl methyl sites for hydroxylation is 1. The molecule has 9 rings (SSSR count). The number of hydrogen-bond acceptors (Lipinski definition) is 19. The minimum atomic E-state index is -5.18. The number of benzene rings is 6. The molecule has 1 aromatic heterocycles. The Morgan fingerprint density at radius 2 is 1.24 bits per heavy atom. The molecule has 0 atom stereocenters. The van der Waals surface area contributed by atoms with Gasteiger partial charge >= 0.3 is 6.18 Å². The highest BCUT2D eigenvalue weighted by atomic mass is 32.2. The van der Waals surface area contributed by atoms with Gasteiger partial charge in [-0.3, -0.25) is 32.4 Å². The molecule has 6 aromatic carbocycles. The number of carbonyl (C=O) groups is 2. The third kappa shape index (κ3) is 19.9. The number of nitrogens with one attached hydrogen (secondary N) is 2. The van der Waals surface area contributed by atoms with Crippen molar-refractivity contribution in [3.63, 3.8) is 0 Å². The fourth-order valence-electron chi connectivity index (χ4n) is 13.3. The summed E-state index contributed by atoms with van der Waals surface area (Å²) in [6, 6.07) is 24.0.